The molecule has 1 atom stereocenters. The van der Waals surface area contributed by atoms with E-state index in [0.717, 1.165) is 22.3 Å². The second-order valence-electron chi connectivity index (χ2n) is 7.63. The average molecular weight is 424 g/mol. The molecule has 0 heterocycles. The number of carbonyl (C=O) groups excluding carboxylic acids is 2. The number of fused-ring (bicyclic) bond motifs is 3. The Morgan fingerprint density at radius 2 is 1.65 bits per heavy atom. The molecule has 0 aromatic heterocycles. The van der Waals surface area contributed by atoms with E-state index >= 15 is 0 Å². The fourth-order valence-corrected chi connectivity index (χ4v) is 3.87. The number of rotatable bonds is 10. The number of hydrogen-bond acceptors (Lipinski definition) is 4. The molecule has 3 N–H and O–H groups in total. The third-order valence-electron chi connectivity index (χ3n) is 5.48. The summed E-state index contributed by atoms with van der Waals surface area (Å²) in [5.41, 5.74) is 4.62. The van der Waals surface area contributed by atoms with Crippen molar-refractivity contribution in [2.45, 2.75) is 44.6 Å². The molecule has 31 heavy (non-hydrogen) atoms. The summed E-state index contributed by atoms with van der Waals surface area (Å²) in [5, 5.41) is 14.1. The second kappa shape index (κ2) is 10.6. The van der Waals surface area contributed by atoms with E-state index in [0.29, 0.717) is 19.4 Å². The van der Waals surface area contributed by atoms with Crippen molar-refractivity contribution in [2.75, 3.05) is 13.2 Å². The Balaban J connectivity index is 1.50. The standard InChI is InChI=1S/C24H28N2O5/c1-2-16(14-22(27)25-13-7-12-23(28)29)26-24(30)31-15-21-19-10-5-3-8-17(19)18-9-4-6-11-20(18)21/h3-6,8-11,16,21H,2,7,12-15H2,1H3,(H,25,27)(H,26,30)(H,28,29). The molecule has 2 aromatic carbocycles. The van der Waals surface area contributed by atoms with Gasteiger partial charge < -0.3 is 20.5 Å². The van der Waals surface area contributed by atoms with Gasteiger partial charge in [0.15, 0.2) is 0 Å². The zero-order chi connectivity index (χ0) is 22.2. The Labute approximate surface area is 181 Å². The van der Waals surface area contributed by atoms with Crippen LogP contribution in [-0.2, 0) is 14.3 Å². The fraction of sp³-hybridized carbons (Fsp3) is 0.375. The van der Waals surface area contributed by atoms with E-state index in [4.69, 9.17) is 9.84 Å². The number of carbonyl (C=O) groups is 3. The highest BCUT2D eigenvalue weighted by Crippen LogP contribution is 2.44. The minimum absolute atomic E-state index is 0.00941. The van der Waals surface area contributed by atoms with E-state index < -0.39 is 12.1 Å². The van der Waals surface area contributed by atoms with Crippen molar-refractivity contribution in [3.63, 3.8) is 0 Å². The van der Waals surface area contributed by atoms with Crippen LogP contribution >= 0.6 is 0 Å². The topological polar surface area (TPSA) is 105 Å². The summed E-state index contributed by atoms with van der Waals surface area (Å²) in [6, 6.07) is 15.9. The maximum absolute atomic E-state index is 12.4. The lowest BCUT2D eigenvalue weighted by Crippen LogP contribution is -2.39. The summed E-state index contributed by atoms with van der Waals surface area (Å²) >= 11 is 0. The van der Waals surface area contributed by atoms with Crippen LogP contribution < -0.4 is 10.6 Å². The van der Waals surface area contributed by atoms with Gasteiger partial charge in [0.25, 0.3) is 0 Å². The molecule has 0 bridgehead atoms. The maximum Gasteiger partial charge on any atom is 0.407 e. The van der Waals surface area contributed by atoms with E-state index in [1.807, 2.05) is 31.2 Å². The molecule has 0 saturated carbocycles. The van der Waals surface area contributed by atoms with Crippen molar-refractivity contribution >= 4 is 18.0 Å². The molecule has 1 aliphatic carbocycles. The van der Waals surface area contributed by atoms with Crippen molar-refractivity contribution in [2.24, 2.45) is 0 Å². The van der Waals surface area contributed by atoms with Crippen LogP contribution in [0.15, 0.2) is 48.5 Å². The van der Waals surface area contributed by atoms with Crippen LogP contribution in [0.25, 0.3) is 11.1 Å². The summed E-state index contributed by atoms with van der Waals surface area (Å²) in [6.07, 6.45) is 0.528. The molecule has 2 aromatic rings. The van der Waals surface area contributed by atoms with E-state index in [-0.39, 0.29) is 37.3 Å². The normalized spacial score (nSPS) is 13.1. The van der Waals surface area contributed by atoms with Gasteiger partial charge in [0.1, 0.15) is 6.61 Å². The van der Waals surface area contributed by atoms with Crippen LogP contribution in [-0.4, -0.2) is 42.3 Å². The quantitative estimate of drug-likeness (QED) is 0.505. The van der Waals surface area contributed by atoms with Gasteiger partial charge in [0, 0.05) is 31.3 Å². The van der Waals surface area contributed by atoms with Gasteiger partial charge in [-0.3, -0.25) is 9.59 Å². The van der Waals surface area contributed by atoms with Gasteiger partial charge in [-0.05, 0) is 35.1 Å². The van der Waals surface area contributed by atoms with E-state index in [2.05, 4.69) is 34.9 Å². The first-order chi connectivity index (χ1) is 15.0. The number of hydrogen-bond donors (Lipinski definition) is 3. The molecule has 7 nitrogen and oxygen atoms in total. The highest BCUT2D eigenvalue weighted by Gasteiger charge is 2.29. The Bertz CT molecular complexity index is 898. The lowest BCUT2D eigenvalue weighted by atomic mass is 9.98. The van der Waals surface area contributed by atoms with Crippen LogP contribution in [0.3, 0.4) is 0 Å². The average Bonchev–Trinajstić information content (AvgIpc) is 3.08. The minimum atomic E-state index is -0.891. The maximum atomic E-state index is 12.4. The third-order valence-corrected chi connectivity index (χ3v) is 5.48. The molecule has 164 valence electrons. The molecule has 0 saturated heterocycles. The van der Waals surface area contributed by atoms with Gasteiger partial charge in [-0.15, -0.1) is 0 Å². The van der Waals surface area contributed by atoms with Gasteiger partial charge in [-0.2, -0.15) is 0 Å². The SMILES string of the molecule is CCC(CC(=O)NCCCC(=O)O)NC(=O)OCC1c2ccccc2-c2ccccc21. The number of benzene rings is 2. The van der Waals surface area contributed by atoms with E-state index in [1.54, 1.807) is 0 Å². The van der Waals surface area contributed by atoms with Gasteiger partial charge in [-0.1, -0.05) is 55.5 Å². The van der Waals surface area contributed by atoms with Crippen LogP contribution in [0.4, 0.5) is 4.79 Å². The van der Waals surface area contributed by atoms with Gasteiger partial charge in [0.2, 0.25) is 5.91 Å². The zero-order valence-electron chi connectivity index (χ0n) is 17.6. The van der Waals surface area contributed by atoms with Crippen molar-refractivity contribution < 1.29 is 24.2 Å². The molecular formula is C24H28N2O5. The summed E-state index contributed by atoms with van der Waals surface area (Å²) < 4.78 is 5.53. The monoisotopic (exact) mass is 424 g/mol. The van der Waals surface area contributed by atoms with Crippen LogP contribution in [0.2, 0.25) is 0 Å². The lowest BCUT2D eigenvalue weighted by Gasteiger charge is -2.18. The summed E-state index contributed by atoms with van der Waals surface area (Å²) in [4.78, 5) is 34.9. The van der Waals surface area contributed by atoms with Crippen molar-refractivity contribution in [1.29, 1.82) is 0 Å². The predicted octanol–water partition coefficient (Wildman–Crippen LogP) is 3.67. The highest BCUT2D eigenvalue weighted by molar-refractivity contribution is 5.79. The molecule has 0 spiro atoms. The molecule has 0 radical (unpaired) electrons. The van der Waals surface area contributed by atoms with Crippen molar-refractivity contribution in [3.05, 3.63) is 59.7 Å². The Kier molecular flexibility index (Phi) is 7.65. The lowest BCUT2D eigenvalue weighted by molar-refractivity contribution is -0.137. The fourth-order valence-electron chi connectivity index (χ4n) is 3.87. The Morgan fingerprint density at radius 3 is 2.23 bits per heavy atom. The smallest absolute Gasteiger partial charge is 0.407 e. The van der Waals surface area contributed by atoms with Crippen LogP contribution in [0.1, 0.15) is 49.7 Å². The largest absolute Gasteiger partial charge is 0.481 e. The number of aliphatic carboxylic acids is 1. The van der Waals surface area contributed by atoms with Gasteiger partial charge >= 0.3 is 12.1 Å². The molecular weight excluding hydrogens is 396 g/mol. The van der Waals surface area contributed by atoms with E-state index in [1.165, 1.54) is 0 Å². The van der Waals surface area contributed by atoms with Crippen LogP contribution in [0.5, 0.6) is 0 Å². The first-order valence-electron chi connectivity index (χ1n) is 10.6. The molecule has 0 fully saturated rings. The molecule has 1 aliphatic rings. The number of carboxylic acid groups (broad SMARTS) is 1. The number of amides is 2. The van der Waals surface area contributed by atoms with Gasteiger partial charge in [-0.25, -0.2) is 4.79 Å². The Morgan fingerprint density at radius 1 is 1.03 bits per heavy atom. The second-order valence-corrected chi connectivity index (χ2v) is 7.63. The first kappa shape index (κ1) is 22.3. The van der Waals surface area contributed by atoms with Gasteiger partial charge in [0.05, 0.1) is 0 Å². The summed E-state index contributed by atoms with van der Waals surface area (Å²) in [7, 11) is 0. The van der Waals surface area contributed by atoms with Crippen molar-refractivity contribution in [3.8, 4) is 11.1 Å². The van der Waals surface area contributed by atoms with Crippen molar-refractivity contribution in [1.82, 2.24) is 10.6 Å². The zero-order valence-corrected chi connectivity index (χ0v) is 17.6. The molecule has 3 rings (SSSR count). The molecule has 7 heteroatoms. The highest BCUT2D eigenvalue weighted by atomic mass is 16.5. The number of alkyl carbamates (subject to hydrolysis) is 1. The summed E-state index contributed by atoms with van der Waals surface area (Å²) in [6.45, 7) is 2.40. The Hall–Kier alpha value is -3.35. The number of nitrogens with one attached hydrogen (secondary N) is 2. The molecule has 2 amide bonds. The predicted molar refractivity (Wildman–Crippen MR) is 117 cm³/mol. The molecule has 0 aliphatic heterocycles. The number of carboxylic acids is 1. The van der Waals surface area contributed by atoms with E-state index in [9.17, 15) is 14.4 Å². The first-order valence-corrected chi connectivity index (χ1v) is 10.6. The third kappa shape index (κ3) is 5.84. The summed E-state index contributed by atoms with van der Waals surface area (Å²) in [5.74, 6) is -1.13. The number of ether oxygens (including phenoxy) is 1. The molecule has 1 unspecified atom stereocenters. The van der Waals surface area contributed by atoms with Crippen LogP contribution in [0, 0.1) is 0 Å². The minimum Gasteiger partial charge on any atom is -0.481 e.